The van der Waals surface area contributed by atoms with Gasteiger partial charge in [-0.3, -0.25) is 4.90 Å². The Hall–Kier alpha value is -0.650. The average molecular weight is 283 g/mol. The van der Waals surface area contributed by atoms with Gasteiger partial charge in [0.05, 0.1) is 5.60 Å². The summed E-state index contributed by atoms with van der Waals surface area (Å²) in [6.45, 7) is 8.54. The lowest BCUT2D eigenvalue weighted by Crippen LogP contribution is -2.46. The summed E-state index contributed by atoms with van der Waals surface area (Å²) >= 11 is 1.77. The summed E-state index contributed by atoms with van der Waals surface area (Å²) in [5.41, 5.74) is 0.0201. The predicted molar refractivity (Wildman–Crippen MR) is 80.8 cm³/mol. The van der Waals surface area contributed by atoms with Crippen LogP contribution in [0.15, 0.2) is 6.20 Å². The van der Waals surface area contributed by atoms with Gasteiger partial charge in [0.2, 0.25) is 0 Å². The van der Waals surface area contributed by atoms with Crippen molar-refractivity contribution >= 4 is 16.5 Å². The van der Waals surface area contributed by atoms with Crippen molar-refractivity contribution in [2.75, 3.05) is 32.1 Å². The topological polar surface area (TPSA) is 37.4 Å². The molecule has 1 aliphatic rings. The van der Waals surface area contributed by atoms with E-state index in [4.69, 9.17) is 4.74 Å². The lowest BCUT2D eigenvalue weighted by Gasteiger charge is -2.39. The van der Waals surface area contributed by atoms with Crippen molar-refractivity contribution in [3.8, 4) is 0 Å². The molecule has 108 valence electrons. The fourth-order valence-electron chi connectivity index (χ4n) is 2.52. The van der Waals surface area contributed by atoms with Crippen molar-refractivity contribution < 1.29 is 4.74 Å². The highest BCUT2D eigenvalue weighted by molar-refractivity contribution is 7.15. The smallest absolute Gasteiger partial charge is 0.182 e. The third-order valence-electron chi connectivity index (χ3n) is 3.69. The van der Waals surface area contributed by atoms with E-state index in [-0.39, 0.29) is 5.60 Å². The van der Waals surface area contributed by atoms with E-state index in [9.17, 15) is 0 Å². The van der Waals surface area contributed by atoms with E-state index >= 15 is 0 Å². The monoisotopic (exact) mass is 283 g/mol. The van der Waals surface area contributed by atoms with Gasteiger partial charge in [-0.25, -0.2) is 4.98 Å². The first-order valence-electron chi connectivity index (χ1n) is 7.11. The van der Waals surface area contributed by atoms with Crippen LogP contribution >= 0.6 is 11.3 Å². The number of aromatic nitrogens is 1. The van der Waals surface area contributed by atoms with Crippen LogP contribution in [0.2, 0.25) is 0 Å². The van der Waals surface area contributed by atoms with Crippen LogP contribution in [-0.4, -0.2) is 42.2 Å². The van der Waals surface area contributed by atoms with Crippen LogP contribution in [0, 0.1) is 0 Å². The molecule has 1 aromatic rings. The molecule has 1 unspecified atom stereocenters. The molecular formula is C14H25N3OS. The van der Waals surface area contributed by atoms with Gasteiger partial charge in [-0.15, -0.1) is 11.3 Å². The molecule has 2 heterocycles. The van der Waals surface area contributed by atoms with E-state index in [0.717, 1.165) is 44.2 Å². The molecule has 1 aromatic heterocycles. The van der Waals surface area contributed by atoms with E-state index in [1.165, 1.54) is 11.3 Å². The van der Waals surface area contributed by atoms with Crippen LogP contribution in [0.1, 0.15) is 38.0 Å². The summed E-state index contributed by atoms with van der Waals surface area (Å²) < 4.78 is 5.64. The van der Waals surface area contributed by atoms with Gasteiger partial charge in [0.25, 0.3) is 0 Å². The first-order valence-corrected chi connectivity index (χ1v) is 7.93. The molecule has 0 saturated carbocycles. The molecule has 1 aliphatic heterocycles. The summed E-state index contributed by atoms with van der Waals surface area (Å²) in [6.07, 6.45) is 5.50. The third-order valence-corrected chi connectivity index (χ3v) is 4.63. The van der Waals surface area contributed by atoms with Gasteiger partial charge in [0.15, 0.2) is 5.13 Å². The molecule has 1 atom stereocenters. The molecular weight excluding hydrogens is 258 g/mol. The number of piperidine rings is 1. The Morgan fingerprint density at radius 3 is 3.16 bits per heavy atom. The van der Waals surface area contributed by atoms with Gasteiger partial charge in [0.1, 0.15) is 0 Å². The highest BCUT2D eigenvalue weighted by Crippen LogP contribution is 2.27. The standard InChI is InChI=1S/C14H25N3OS/c1-4-7-15-13-16-9-12(19-13)10-17-8-5-6-14(2,11-17)18-3/h9H,4-8,10-11H2,1-3H3,(H,15,16). The fourth-order valence-corrected chi connectivity index (χ4v) is 3.40. The van der Waals surface area contributed by atoms with Crippen molar-refractivity contribution in [2.24, 2.45) is 0 Å². The minimum absolute atomic E-state index is 0.0201. The van der Waals surface area contributed by atoms with E-state index in [1.54, 1.807) is 11.3 Å². The molecule has 0 bridgehead atoms. The van der Waals surface area contributed by atoms with E-state index in [2.05, 4.69) is 29.0 Å². The molecule has 1 saturated heterocycles. The number of hydrogen-bond acceptors (Lipinski definition) is 5. The zero-order valence-electron chi connectivity index (χ0n) is 12.2. The zero-order valence-corrected chi connectivity index (χ0v) is 13.1. The Morgan fingerprint density at radius 2 is 2.42 bits per heavy atom. The number of nitrogens with zero attached hydrogens (tertiary/aromatic N) is 2. The molecule has 19 heavy (non-hydrogen) atoms. The Morgan fingerprint density at radius 1 is 1.58 bits per heavy atom. The molecule has 1 fully saturated rings. The number of nitrogens with one attached hydrogen (secondary N) is 1. The van der Waals surface area contributed by atoms with Crippen molar-refractivity contribution in [1.29, 1.82) is 0 Å². The van der Waals surface area contributed by atoms with E-state index in [0.29, 0.717) is 0 Å². The van der Waals surface area contributed by atoms with Crippen LogP contribution in [-0.2, 0) is 11.3 Å². The van der Waals surface area contributed by atoms with Gasteiger partial charge >= 0.3 is 0 Å². The molecule has 0 aliphatic carbocycles. The molecule has 5 heteroatoms. The van der Waals surface area contributed by atoms with Gasteiger partial charge in [-0.2, -0.15) is 0 Å². The van der Waals surface area contributed by atoms with Crippen LogP contribution < -0.4 is 5.32 Å². The minimum Gasteiger partial charge on any atom is -0.377 e. The SMILES string of the molecule is CCCNc1ncc(CN2CCCC(C)(OC)C2)s1. The van der Waals surface area contributed by atoms with Crippen LogP contribution in [0.5, 0.6) is 0 Å². The average Bonchev–Trinajstić information content (AvgIpc) is 2.84. The molecule has 2 rings (SSSR count). The summed E-state index contributed by atoms with van der Waals surface area (Å²) in [6, 6.07) is 0. The van der Waals surface area contributed by atoms with Crippen LogP contribution in [0.3, 0.4) is 0 Å². The molecule has 0 spiro atoms. The molecule has 0 amide bonds. The summed E-state index contributed by atoms with van der Waals surface area (Å²) in [5, 5.41) is 4.39. The van der Waals surface area contributed by atoms with Gasteiger partial charge in [0, 0.05) is 37.8 Å². The number of thiazole rings is 1. The summed E-state index contributed by atoms with van der Waals surface area (Å²) in [7, 11) is 1.82. The van der Waals surface area contributed by atoms with Gasteiger partial charge < -0.3 is 10.1 Å². The van der Waals surface area contributed by atoms with Crippen molar-refractivity contribution in [1.82, 2.24) is 9.88 Å². The quantitative estimate of drug-likeness (QED) is 0.871. The zero-order chi connectivity index (χ0) is 13.7. The highest BCUT2D eigenvalue weighted by Gasteiger charge is 2.30. The first-order chi connectivity index (χ1) is 9.15. The normalized spacial score (nSPS) is 24.6. The molecule has 0 radical (unpaired) electrons. The maximum atomic E-state index is 5.64. The molecule has 4 nitrogen and oxygen atoms in total. The lowest BCUT2D eigenvalue weighted by molar-refractivity contribution is -0.0525. The van der Waals surface area contributed by atoms with Crippen LogP contribution in [0.25, 0.3) is 0 Å². The predicted octanol–water partition coefficient (Wildman–Crippen LogP) is 2.97. The first kappa shape index (κ1) is 14.8. The second kappa shape index (κ2) is 6.68. The Kier molecular flexibility index (Phi) is 5.19. The second-order valence-corrected chi connectivity index (χ2v) is 6.64. The summed E-state index contributed by atoms with van der Waals surface area (Å²) in [4.78, 5) is 8.23. The van der Waals surface area contributed by atoms with Gasteiger partial charge in [-0.1, -0.05) is 6.92 Å². The van der Waals surface area contributed by atoms with Crippen LogP contribution in [0.4, 0.5) is 5.13 Å². The number of methoxy groups -OCH3 is 1. The lowest BCUT2D eigenvalue weighted by atomic mass is 9.95. The molecule has 1 N–H and O–H groups in total. The number of hydrogen-bond donors (Lipinski definition) is 1. The fraction of sp³-hybridized carbons (Fsp3) is 0.786. The second-order valence-electron chi connectivity index (χ2n) is 5.53. The number of anilines is 1. The number of rotatable bonds is 6. The largest absolute Gasteiger partial charge is 0.377 e. The number of likely N-dealkylation sites (tertiary alicyclic amines) is 1. The van der Waals surface area contributed by atoms with Crippen molar-refractivity contribution in [3.05, 3.63) is 11.1 Å². The maximum Gasteiger partial charge on any atom is 0.182 e. The Balaban J connectivity index is 1.88. The Labute approximate surface area is 120 Å². The van der Waals surface area contributed by atoms with Crippen molar-refractivity contribution in [2.45, 2.75) is 45.3 Å². The maximum absolute atomic E-state index is 5.64. The van der Waals surface area contributed by atoms with E-state index in [1.807, 2.05) is 13.3 Å². The highest BCUT2D eigenvalue weighted by atomic mass is 32.1. The minimum atomic E-state index is 0.0201. The van der Waals surface area contributed by atoms with E-state index < -0.39 is 0 Å². The summed E-state index contributed by atoms with van der Waals surface area (Å²) in [5.74, 6) is 0. The Bertz CT molecular complexity index is 396. The molecule has 0 aromatic carbocycles. The van der Waals surface area contributed by atoms with Gasteiger partial charge in [-0.05, 0) is 32.7 Å². The number of ether oxygens (including phenoxy) is 1. The third kappa shape index (κ3) is 4.16. The van der Waals surface area contributed by atoms with Crippen molar-refractivity contribution in [3.63, 3.8) is 0 Å².